The maximum atomic E-state index is 5.45. The van der Waals surface area contributed by atoms with E-state index in [0.717, 1.165) is 43.6 Å². The van der Waals surface area contributed by atoms with Crippen molar-refractivity contribution in [1.82, 2.24) is 15.0 Å². The molecule has 24 heavy (non-hydrogen) atoms. The van der Waals surface area contributed by atoms with Crippen LogP contribution in [0, 0.1) is 0 Å². The highest BCUT2D eigenvalue weighted by atomic mass is 16.5. The summed E-state index contributed by atoms with van der Waals surface area (Å²) in [6.07, 6.45) is 0. The molecule has 0 spiro atoms. The molecule has 0 aliphatic carbocycles. The third kappa shape index (κ3) is 3.53. The van der Waals surface area contributed by atoms with Crippen molar-refractivity contribution >= 4 is 5.69 Å². The minimum atomic E-state index is 0.156. The van der Waals surface area contributed by atoms with Gasteiger partial charge in [0.15, 0.2) is 5.82 Å². The number of aromatic nitrogens is 2. The van der Waals surface area contributed by atoms with Gasteiger partial charge in [0.05, 0.1) is 13.2 Å². The predicted octanol–water partition coefficient (Wildman–Crippen LogP) is 3.08. The first-order valence-electron chi connectivity index (χ1n) is 8.55. The lowest BCUT2D eigenvalue weighted by Crippen LogP contribution is -2.47. The minimum Gasteiger partial charge on any atom is -0.497 e. The Kier molecular flexibility index (Phi) is 5.04. The summed E-state index contributed by atoms with van der Waals surface area (Å²) in [5.74, 6) is 2.69. The van der Waals surface area contributed by atoms with Crippen molar-refractivity contribution in [2.45, 2.75) is 32.7 Å². The van der Waals surface area contributed by atoms with Crippen LogP contribution >= 0.6 is 0 Å². The summed E-state index contributed by atoms with van der Waals surface area (Å²) in [6.45, 7) is 10.2. The second-order valence-electron chi connectivity index (χ2n) is 6.54. The molecular formula is C18H26N4O2. The van der Waals surface area contributed by atoms with Gasteiger partial charge in [0.2, 0.25) is 5.89 Å². The van der Waals surface area contributed by atoms with E-state index in [9.17, 15) is 0 Å². The molecule has 1 aromatic carbocycles. The predicted molar refractivity (Wildman–Crippen MR) is 93.6 cm³/mol. The molecule has 1 unspecified atom stereocenters. The van der Waals surface area contributed by atoms with Crippen LogP contribution in [0.1, 0.15) is 44.4 Å². The van der Waals surface area contributed by atoms with Crippen LogP contribution in [0.3, 0.4) is 0 Å². The molecular weight excluding hydrogens is 304 g/mol. The topological polar surface area (TPSA) is 54.6 Å². The van der Waals surface area contributed by atoms with Gasteiger partial charge in [-0.1, -0.05) is 19.0 Å². The van der Waals surface area contributed by atoms with Gasteiger partial charge in [0.1, 0.15) is 5.75 Å². The summed E-state index contributed by atoms with van der Waals surface area (Å²) in [4.78, 5) is 9.33. The quantitative estimate of drug-likeness (QED) is 0.840. The number of anilines is 1. The van der Waals surface area contributed by atoms with Crippen molar-refractivity contribution < 1.29 is 9.26 Å². The van der Waals surface area contributed by atoms with E-state index in [2.05, 4.69) is 52.8 Å². The fourth-order valence-electron chi connectivity index (χ4n) is 2.97. The standard InChI is InChI=1S/C18H26N4O2/c1-13(2)17-19-18(24-20-17)14(3)21-9-11-22(12-10-21)15-5-7-16(23-4)8-6-15/h5-8,13-14H,9-12H2,1-4H3. The van der Waals surface area contributed by atoms with Gasteiger partial charge in [0, 0.05) is 37.8 Å². The molecule has 6 heteroatoms. The number of benzene rings is 1. The lowest BCUT2D eigenvalue weighted by molar-refractivity contribution is 0.164. The molecule has 6 nitrogen and oxygen atoms in total. The van der Waals surface area contributed by atoms with Gasteiger partial charge in [-0.25, -0.2) is 0 Å². The highest BCUT2D eigenvalue weighted by Gasteiger charge is 2.26. The minimum absolute atomic E-state index is 0.156. The van der Waals surface area contributed by atoms with E-state index in [1.165, 1.54) is 5.69 Å². The largest absolute Gasteiger partial charge is 0.497 e. The van der Waals surface area contributed by atoms with Crippen molar-refractivity contribution in [3.8, 4) is 5.75 Å². The normalized spacial score (nSPS) is 17.3. The Morgan fingerprint density at radius 1 is 1.04 bits per heavy atom. The fraction of sp³-hybridized carbons (Fsp3) is 0.556. The molecule has 1 fully saturated rings. The molecule has 2 aromatic rings. The molecule has 1 saturated heterocycles. The van der Waals surface area contributed by atoms with Crippen molar-refractivity contribution in [2.24, 2.45) is 0 Å². The maximum Gasteiger partial charge on any atom is 0.243 e. The van der Waals surface area contributed by atoms with E-state index >= 15 is 0 Å². The Labute approximate surface area is 143 Å². The summed E-state index contributed by atoms with van der Waals surface area (Å²) in [5.41, 5.74) is 1.24. The second kappa shape index (κ2) is 7.21. The van der Waals surface area contributed by atoms with E-state index in [-0.39, 0.29) is 6.04 Å². The van der Waals surface area contributed by atoms with Gasteiger partial charge >= 0.3 is 0 Å². The van der Waals surface area contributed by atoms with Crippen LogP contribution in [0.25, 0.3) is 0 Å². The summed E-state index contributed by atoms with van der Waals surface area (Å²) in [6, 6.07) is 8.41. The molecule has 0 N–H and O–H groups in total. The molecule has 2 heterocycles. The number of piperazine rings is 1. The Morgan fingerprint density at radius 3 is 2.25 bits per heavy atom. The number of rotatable bonds is 5. The average Bonchev–Trinajstić information content (AvgIpc) is 3.12. The second-order valence-corrected chi connectivity index (χ2v) is 6.54. The molecule has 1 atom stereocenters. The highest BCUT2D eigenvalue weighted by Crippen LogP contribution is 2.25. The van der Waals surface area contributed by atoms with Crippen LogP contribution < -0.4 is 9.64 Å². The van der Waals surface area contributed by atoms with Gasteiger partial charge in [-0.05, 0) is 31.2 Å². The number of methoxy groups -OCH3 is 1. The average molecular weight is 330 g/mol. The summed E-state index contributed by atoms with van der Waals surface area (Å²) >= 11 is 0. The lowest BCUT2D eigenvalue weighted by Gasteiger charge is -2.38. The Morgan fingerprint density at radius 2 is 1.71 bits per heavy atom. The van der Waals surface area contributed by atoms with Crippen LogP contribution in [0.5, 0.6) is 5.75 Å². The monoisotopic (exact) mass is 330 g/mol. The first-order valence-corrected chi connectivity index (χ1v) is 8.55. The zero-order valence-corrected chi connectivity index (χ0v) is 14.9. The first kappa shape index (κ1) is 16.8. The SMILES string of the molecule is COc1ccc(N2CCN(C(C)c3nc(C(C)C)no3)CC2)cc1. The van der Waals surface area contributed by atoms with Gasteiger partial charge in [-0.3, -0.25) is 4.90 Å². The molecule has 0 amide bonds. The molecule has 3 rings (SSSR count). The van der Waals surface area contributed by atoms with Crippen LogP contribution in [-0.2, 0) is 0 Å². The third-order valence-corrected chi connectivity index (χ3v) is 4.63. The van der Waals surface area contributed by atoms with Crippen LogP contribution in [-0.4, -0.2) is 48.3 Å². The van der Waals surface area contributed by atoms with E-state index in [4.69, 9.17) is 9.26 Å². The van der Waals surface area contributed by atoms with Crippen molar-refractivity contribution in [3.05, 3.63) is 36.0 Å². The third-order valence-electron chi connectivity index (χ3n) is 4.63. The first-order chi connectivity index (χ1) is 11.6. The maximum absolute atomic E-state index is 5.45. The number of hydrogen-bond acceptors (Lipinski definition) is 6. The summed E-state index contributed by atoms with van der Waals surface area (Å²) < 4.78 is 10.7. The van der Waals surface area contributed by atoms with Crippen molar-refractivity contribution in [3.63, 3.8) is 0 Å². The molecule has 1 aliphatic heterocycles. The van der Waals surface area contributed by atoms with Gasteiger partial charge in [-0.15, -0.1) is 0 Å². The van der Waals surface area contributed by atoms with E-state index in [1.807, 2.05) is 12.1 Å². The smallest absolute Gasteiger partial charge is 0.243 e. The molecule has 1 aromatic heterocycles. The lowest BCUT2D eigenvalue weighted by atomic mass is 10.2. The van der Waals surface area contributed by atoms with Gasteiger partial charge < -0.3 is 14.2 Å². The zero-order chi connectivity index (χ0) is 17.1. The molecule has 0 saturated carbocycles. The highest BCUT2D eigenvalue weighted by molar-refractivity contribution is 5.49. The van der Waals surface area contributed by atoms with E-state index < -0.39 is 0 Å². The van der Waals surface area contributed by atoms with Crippen molar-refractivity contribution in [2.75, 3.05) is 38.2 Å². The molecule has 0 radical (unpaired) electrons. The Balaban J connectivity index is 1.59. The number of hydrogen-bond donors (Lipinski definition) is 0. The zero-order valence-electron chi connectivity index (χ0n) is 14.9. The molecule has 1 aliphatic rings. The Bertz CT molecular complexity index is 645. The summed E-state index contributed by atoms with van der Waals surface area (Å²) in [7, 11) is 1.69. The van der Waals surface area contributed by atoms with E-state index in [0.29, 0.717) is 5.92 Å². The molecule has 0 bridgehead atoms. The fourth-order valence-corrected chi connectivity index (χ4v) is 2.97. The summed E-state index contributed by atoms with van der Waals surface area (Å²) in [5, 5.41) is 4.08. The van der Waals surface area contributed by atoms with Crippen LogP contribution in [0.15, 0.2) is 28.8 Å². The van der Waals surface area contributed by atoms with Crippen LogP contribution in [0.2, 0.25) is 0 Å². The van der Waals surface area contributed by atoms with Gasteiger partial charge in [0.25, 0.3) is 0 Å². The molecule has 130 valence electrons. The Hall–Kier alpha value is -2.08. The van der Waals surface area contributed by atoms with Crippen LogP contribution in [0.4, 0.5) is 5.69 Å². The van der Waals surface area contributed by atoms with E-state index in [1.54, 1.807) is 7.11 Å². The number of nitrogens with zero attached hydrogens (tertiary/aromatic N) is 4. The van der Waals surface area contributed by atoms with Crippen molar-refractivity contribution in [1.29, 1.82) is 0 Å². The van der Waals surface area contributed by atoms with Gasteiger partial charge in [-0.2, -0.15) is 4.98 Å². The number of ether oxygens (including phenoxy) is 1.